The Balaban J connectivity index is 2.15. The molecule has 1 fully saturated rings. The first kappa shape index (κ1) is 5.58. The third-order valence-electron chi connectivity index (χ3n) is 1.47. The highest BCUT2D eigenvalue weighted by Crippen LogP contribution is 2.33. The van der Waals surface area contributed by atoms with Gasteiger partial charge in [-0.1, -0.05) is 0 Å². The van der Waals surface area contributed by atoms with Gasteiger partial charge in [-0.05, 0) is 18.8 Å². The van der Waals surface area contributed by atoms with Gasteiger partial charge >= 0.3 is 0 Å². The van der Waals surface area contributed by atoms with Crippen LogP contribution in [0.15, 0.2) is 0 Å². The molecule has 0 heterocycles. The number of aliphatic hydroxyl groups is 1. The Morgan fingerprint density at radius 2 is 2.38 bits per heavy atom. The fourth-order valence-electron chi connectivity index (χ4n) is 0.741. The fourth-order valence-corrected chi connectivity index (χ4v) is 0.741. The van der Waals surface area contributed by atoms with Crippen molar-refractivity contribution in [1.29, 1.82) is 5.26 Å². The molecule has 2 heteroatoms. The Bertz CT molecular complexity index is 112. The molecule has 0 radical (unpaired) electrons. The Morgan fingerprint density at radius 1 is 1.75 bits per heavy atom. The molecule has 0 amide bonds. The average Bonchev–Trinajstić information content (AvgIpc) is 2.45. The molecule has 0 aromatic heterocycles. The number of hydrogen-bond acceptors (Lipinski definition) is 2. The summed E-state index contributed by atoms with van der Waals surface area (Å²) in [6.07, 6.45) is 2.20. The van der Waals surface area contributed by atoms with E-state index in [0.717, 1.165) is 12.8 Å². The Labute approximate surface area is 48.7 Å². The smallest absolute Gasteiger partial charge is 0.0698 e. The van der Waals surface area contributed by atoms with Crippen molar-refractivity contribution in [2.75, 3.05) is 0 Å². The first-order valence-corrected chi connectivity index (χ1v) is 2.89. The van der Waals surface area contributed by atoms with Gasteiger partial charge in [0.15, 0.2) is 0 Å². The lowest BCUT2D eigenvalue weighted by atomic mass is 10.2. The first-order valence-electron chi connectivity index (χ1n) is 2.89. The molecule has 44 valence electrons. The van der Waals surface area contributed by atoms with E-state index < -0.39 is 0 Å². The van der Waals surface area contributed by atoms with Crippen LogP contribution < -0.4 is 0 Å². The van der Waals surface area contributed by atoms with Gasteiger partial charge in [0.2, 0.25) is 0 Å². The monoisotopic (exact) mass is 111 g/mol. The van der Waals surface area contributed by atoms with E-state index in [1.165, 1.54) is 0 Å². The normalized spacial score (nSPS) is 22.0. The van der Waals surface area contributed by atoms with E-state index in [1.54, 1.807) is 0 Å². The minimum atomic E-state index is -0.333. The van der Waals surface area contributed by atoms with Crippen molar-refractivity contribution in [3.05, 3.63) is 0 Å². The maximum absolute atomic E-state index is 8.97. The van der Waals surface area contributed by atoms with Gasteiger partial charge in [-0.3, -0.25) is 0 Å². The van der Waals surface area contributed by atoms with Gasteiger partial charge in [-0.25, -0.2) is 0 Å². The minimum absolute atomic E-state index is 0.310. The van der Waals surface area contributed by atoms with E-state index in [0.29, 0.717) is 12.3 Å². The van der Waals surface area contributed by atoms with Gasteiger partial charge in [-0.2, -0.15) is 5.26 Å². The van der Waals surface area contributed by atoms with Crippen molar-refractivity contribution in [3.63, 3.8) is 0 Å². The summed E-state index contributed by atoms with van der Waals surface area (Å²) in [5.74, 6) is 0.453. The van der Waals surface area contributed by atoms with Crippen molar-refractivity contribution >= 4 is 0 Å². The van der Waals surface area contributed by atoms with Crippen molar-refractivity contribution in [2.45, 2.75) is 25.4 Å². The van der Waals surface area contributed by atoms with Crippen molar-refractivity contribution in [2.24, 2.45) is 5.92 Å². The molecule has 1 aliphatic carbocycles. The molecule has 1 rings (SSSR count). The molecule has 0 aromatic carbocycles. The summed E-state index contributed by atoms with van der Waals surface area (Å²) in [4.78, 5) is 0. The van der Waals surface area contributed by atoms with E-state index >= 15 is 0 Å². The number of aliphatic hydroxyl groups excluding tert-OH is 1. The Kier molecular flexibility index (Phi) is 1.50. The lowest BCUT2D eigenvalue weighted by Crippen LogP contribution is -2.06. The molecule has 1 atom stereocenters. The highest BCUT2D eigenvalue weighted by Gasteiger charge is 2.28. The number of nitrogens with zero attached hydrogens (tertiary/aromatic N) is 1. The largest absolute Gasteiger partial charge is 0.392 e. The summed E-state index contributed by atoms with van der Waals surface area (Å²) < 4.78 is 0. The van der Waals surface area contributed by atoms with Crippen molar-refractivity contribution in [1.82, 2.24) is 0 Å². The van der Waals surface area contributed by atoms with E-state index in [1.807, 2.05) is 6.07 Å². The average molecular weight is 111 g/mol. The van der Waals surface area contributed by atoms with E-state index in [9.17, 15) is 0 Å². The third kappa shape index (κ3) is 1.21. The third-order valence-corrected chi connectivity index (χ3v) is 1.47. The lowest BCUT2D eigenvalue weighted by Gasteiger charge is -1.99. The molecular weight excluding hydrogens is 102 g/mol. The molecule has 1 N–H and O–H groups in total. The van der Waals surface area contributed by atoms with Crippen LogP contribution >= 0.6 is 0 Å². The molecule has 1 saturated carbocycles. The number of hydrogen-bond donors (Lipinski definition) is 1. The predicted octanol–water partition coefficient (Wildman–Crippen LogP) is 0.671. The quantitative estimate of drug-likeness (QED) is 0.569. The lowest BCUT2D eigenvalue weighted by molar-refractivity contribution is 0.156. The molecule has 0 spiro atoms. The van der Waals surface area contributed by atoms with Gasteiger partial charge in [-0.15, -0.1) is 0 Å². The second-order valence-corrected chi connectivity index (χ2v) is 2.27. The second-order valence-electron chi connectivity index (χ2n) is 2.27. The number of nitriles is 1. The van der Waals surface area contributed by atoms with Crippen molar-refractivity contribution in [3.8, 4) is 6.07 Å². The van der Waals surface area contributed by atoms with Crippen LogP contribution in [-0.4, -0.2) is 11.2 Å². The zero-order valence-corrected chi connectivity index (χ0v) is 4.67. The highest BCUT2D eigenvalue weighted by atomic mass is 16.3. The van der Waals surface area contributed by atoms with Crippen LogP contribution in [0.2, 0.25) is 0 Å². The summed E-state index contributed by atoms with van der Waals surface area (Å²) in [5.41, 5.74) is 0. The standard InChI is InChI=1S/C6H9NO/c7-4-3-6(8)5-1-2-5/h5-6,8H,1-3H2. The molecule has 8 heavy (non-hydrogen) atoms. The van der Waals surface area contributed by atoms with Crippen LogP contribution in [0.3, 0.4) is 0 Å². The van der Waals surface area contributed by atoms with Crippen LogP contribution in [0.4, 0.5) is 0 Å². The molecular formula is C6H9NO. The molecule has 0 bridgehead atoms. The van der Waals surface area contributed by atoms with E-state index in [4.69, 9.17) is 10.4 Å². The van der Waals surface area contributed by atoms with Crippen LogP contribution in [0, 0.1) is 17.2 Å². The van der Waals surface area contributed by atoms with Crippen LogP contribution in [0.1, 0.15) is 19.3 Å². The zero-order chi connectivity index (χ0) is 5.98. The summed E-state index contributed by atoms with van der Waals surface area (Å²) in [6.45, 7) is 0. The summed E-state index contributed by atoms with van der Waals surface area (Å²) in [5, 5.41) is 17.1. The topological polar surface area (TPSA) is 44.0 Å². The number of rotatable bonds is 2. The summed E-state index contributed by atoms with van der Waals surface area (Å²) in [7, 11) is 0. The van der Waals surface area contributed by atoms with E-state index in [2.05, 4.69) is 0 Å². The molecule has 0 aliphatic heterocycles. The fraction of sp³-hybridized carbons (Fsp3) is 0.833. The molecule has 2 nitrogen and oxygen atoms in total. The van der Waals surface area contributed by atoms with E-state index in [-0.39, 0.29) is 6.10 Å². The van der Waals surface area contributed by atoms with Gasteiger partial charge in [0.05, 0.1) is 18.6 Å². The molecule has 0 aromatic rings. The summed E-state index contributed by atoms with van der Waals surface area (Å²) in [6, 6.07) is 1.94. The highest BCUT2D eigenvalue weighted by molar-refractivity contribution is 4.86. The zero-order valence-electron chi connectivity index (χ0n) is 4.67. The summed E-state index contributed by atoms with van der Waals surface area (Å²) >= 11 is 0. The molecule has 0 saturated heterocycles. The van der Waals surface area contributed by atoms with Crippen LogP contribution in [0.25, 0.3) is 0 Å². The van der Waals surface area contributed by atoms with Gasteiger partial charge < -0.3 is 5.11 Å². The van der Waals surface area contributed by atoms with Gasteiger partial charge in [0, 0.05) is 0 Å². The predicted molar refractivity (Wildman–Crippen MR) is 29.0 cm³/mol. The maximum Gasteiger partial charge on any atom is 0.0698 e. The van der Waals surface area contributed by atoms with Crippen LogP contribution in [0.5, 0.6) is 0 Å². The Morgan fingerprint density at radius 3 is 2.75 bits per heavy atom. The second kappa shape index (κ2) is 2.15. The first-order chi connectivity index (χ1) is 3.84. The minimum Gasteiger partial charge on any atom is -0.392 e. The van der Waals surface area contributed by atoms with Gasteiger partial charge in [0.25, 0.3) is 0 Å². The maximum atomic E-state index is 8.97. The SMILES string of the molecule is N#CCC(O)C1CC1. The van der Waals surface area contributed by atoms with Crippen LogP contribution in [-0.2, 0) is 0 Å². The van der Waals surface area contributed by atoms with Crippen molar-refractivity contribution < 1.29 is 5.11 Å². The molecule has 1 unspecified atom stereocenters. The van der Waals surface area contributed by atoms with Gasteiger partial charge in [0.1, 0.15) is 0 Å². The Hall–Kier alpha value is -0.550. The molecule has 1 aliphatic rings.